The van der Waals surface area contributed by atoms with Crippen molar-refractivity contribution in [3.8, 4) is 0 Å². The fourth-order valence-corrected chi connectivity index (χ4v) is 4.07. The molecule has 13 heteroatoms. The summed E-state index contributed by atoms with van der Waals surface area (Å²) in [5.41, 5.74) is 16.6. The van der Waals surface area contributed by atoms with Crippen molar-refractivity contribution in [2.45, 2.75) is 70.1 Å². The fourth-order valence-electron chi connectivity index (χ4n) is 3.60. The first kappa shape index (κ1) is 29.5. The lowest BCUT2D eigenvalue weighted by Crippen LogP contribution is -2.57. The van der Waals surface area contributed by atoms with Crippen molar-refractivity contribution < 1.29 is 24.3 Å². The molecule has 34 heavy (non-hydrogen) atoms. The number of carboxylic acids is 1. The van der Waals surface area contributed by atoms with E-state index in [0.29, 0.717) is 38.0 Å². The Morgan fingerprint density at radius 2 is 1.76 bits per heavy atom. The maximum Gasteiger partial charge on any atom is 0.326 e. The van der Waals surface area contributed by atoms with E-state index in [9.17, 15) is 24.3 Å². The Kier molecular flexibility index (Phi) is 12.7. The smallest absolute Gasteiger partial charge is 0.326 e. The number of aliphatic carboxylic acids is 1. The van der Waals surface area contributed by atoms with Crippen LogP contribution in [0, 0.1) is 5.92 Å². The third-order valence-electron chi connectivity index (χ3n) is 5.65. The number of nitrogens with two attached hydrogens (primary N) is 3. The highest BCUT2D eigenvalue weighted by atomic mass is 32.2. The van der Waals surface area contributed by atoms with Crippen LogP contribution in [0.3, 0.4) is 0 Å². The van der Waals surface area contributed by atoms with Crippen molar-refractivity contribution in [3.63, 3.8) is 0 Å². The number of nitrogens with one attached hydrogen (secondary N) is 2. The highest BCUT2D eigenvalue weighted by Crippen LogP contribution is 2.20. The van der Waals surface area contributed by atoms with Crippen molar-refractivity contribution in [1.82, 2.24) is 15.5 Å². The predicted molar refractivity (Wildman–Crippen MR) is 132 cm³/mol. The van der Waals surface area contributed by atoms with Crippen LogP contribution in [0.5, 0.6) is 0 Å². The number of hydrogen-bond acceptors (Lipinski definition) is 7. The Labute approximate surface area is 204 Å². The first-order valence-corrected chi connectivity index (χ1v) is 12.8. The van der Waals surface area contributed by atoms with Gasteiger partial charge in [0.15, 0.2) is 5.96 Å². The number of carbonyl (C=O) groups excluding carboxylic acids is 3. The molecule has 9 N–H and O–H groups in total. The van der Waals surface area contributed by atoms with Crippen molar-refractivity contribution in [2.24, 2.45) is 28.1 Å². The van der Waals surface area contributed by atoms with Gasteiger partial charge in [0, 0.05) is 13.1 Å². The number of amides is 3. The van der Waals surface area contributed by atoms with E-state index in [1.54, 1.807) is 13.8 Å². The molecule has 1 aliphatic heterocycles. The maximum atomic E-state index is 13.2. The number of thioether (sulfide) groups is 1. The highest BCUT2D eigenvalue weighted by molar-refractivity contribution is 7.98. The van der Waals surface area contributed by atoms with Crippen molar-refractivity contribution in [2.75, 3.05) is 25.1 Å². The van der Waals surface area contributed by atoms with E-state index in [1.807, 2.05) is 6.26 Å². The van der Waals surface area contributed by atoms with E-state index in [2.05, 4.69) is 15.6 Å². The van der Waals surface area contributed by atoms with Gasteiger partial charge in [-0.3, -0.25) is 19.4 Å². The van der Waals surface area contributed by atoms with E-state index in [-0.39, 0.29) is 24.8 Å². The SMILES string of the molecule is CSCCC(NC(=O)C(N)C(C)C)C(=O)NC(CCCN=C(N)N)C(=O)N1CCCC1C(=O)O. The number of likely N-dealkylation sites (tertiary alicyclic amines) is 1. The molecule has 4 unspecified atom stereocenters. The number of nitrogens with zero attached hydrogens (tertiary/aromatic N) is 2. The standard InChI is InChI=1S/C21H39N7O5S/c1-12(2)16(22)18(30)26-13(8-11-34-3)17(29)27-14(6-4-9-25-21(23)24)19(31)28-10-5-7-15(28)20(32)33/h12-16H,4-11,22H2,1-3H3,(H,26,30)(H,27,29)(H,32,33)(H4,23,24,25). The summed E-state index contributed by atoms with van der Waals surface area (Å²) in [5.74, 6) is -2.12. The van der Waals surface area contributed by atoms with Crippen LogP contribution in [-0.2, 0) is 19.2 Å². The molecule has 1 saturated heterocycles. The summed E-state index contributed by atoms with van der Waals surface area (Å²) in [7, 11) is 0. The second-order valence-corrected chi connectivity index (χ2v) is 9.64. The van der Waals surface area contributed by atoms with Crippen LogP contribution >= 0.6 is 11.8 Å². The minimum atomic E-state index is -1.08. The van der Waals surface area contributed by atoms with Crippen LogP contribution in [0.25, 0.3) is 0 Å². The molecule has 3 amide bonds. The zero-order chi connectivity index (χ0) is 25.8. The van der Waals surface area contributed by atoms with Gasteiger partial charge in [-0.05, 0) is 50.0 Å². The third kappa shape index (κ3) is 9.37. The summed E-state index contributed by atoms with van der Waals surface area (Å²) < 4.78 is 0. The number of guanidine groups is 1. The monoisotopic (exact) mass is 501 g/mol. The first-order valence-electron chi connectivity index (χ1n) is 11.4. The zero-order valence-corrected chi connectivity index (χ0v) is 21.0. The molecule has 0 saturated carbocycles. The molecule has 0 aliphatic carbocycles. The van der Waals surface area contributed by atoms with Crippen molar-refractivity contribution in [1.29, 1.82) is 0 Å². The largest absolute Gasteiger partial charge is 0.480 e. The first-order chi connectivity index (χ1) is 16.0. The molecule has 1 rings (SSSR count). The summed E-state index contributed by atoms with van der Waals surface area (Å²) in [6, 6.07) is -3.57. The Morgan fingerprint density at radius 3 is 2.32 bits per heavy atom. The Balaban J connectivity index is 3.02. The van der Waals surface area contributed by atoms with Crippen LogP contribution < -0.4 is 27.8 Å². The number of hydrogen-bond donors (Lipinski definition) is 6. The molecule has 1 heterocycles. The molecule has 1 aliphatic rings. The average molecular weight is 502 g/mol. The summed E-state index contributed by atoms with van der Waals surface area (Å²) in [5, 5.41) is 14.9. The number of carboxylic acid groups (broad SMARTS) is 1. The Hall–Kier alpha value is -2.54. The van der Waals surface area contributed by atoms with E-state index in [0.717, 1.165) is 0 Å². The number of rotatable bonds is 14. The molecule has 4 atom stereocenters. The van der Waals surface area contributed by atoms with Gasteiger partial charge in [0.2, 0.25) is 17.7 Å². The molecule has 0 bridgehead atoms. The molecule has 0 aromatic rings. The molecule has 0 aromatic carbocycles. The van der Waals surface area contributed by atoms with Crippen LogP contribution in [0.4, 0.5) is 0 Å². The molecule has 194 valence electrons. The van der Waals surface area contributed by atoms with Gasteiger partial charge in [-0.25, -0.2) is 4.79 Å². The zero-order valence-electron chi connectivity index (χ0n) is 20.2. The lowest BCUT2D eigenvalue weighted by atomic mass is 10.0. The maximum absolute atomic E-state index is 13.2. The van der Waals surface area contributed by atoms with E-state index < -0.39 is 47.9 Å². The van der Waals surface area contributed by atoms with Crippen LogP contribution in [-0.4, -0.2) is 88.9 Å². The van der Waals surface area contributed by atoms with E-state index in [1.165, 1.54) is 16.7 Å². The molecule has 0 spiro atoms. The summed E-state index contributed by atoms with van der Waals surface area (Å²) in [6.07, 6.45) is 3.75. The fraction of sp³-hybridized carbons (Fsp3) is 0.762. The second kappa shape index (κ2) is 14.7. The van der Waals surface area contributed by atoms with Crippen LogP contribution in [0.2, 0.25) is 0 Å². The van der Waals surface area contributed by atoms with Gasteiger partial charge in [0.1, 0.15) is 18.1 Å². The summed E-state index contributed by atoms with van der Waals surface area (Å²) in [4.78, 5) is 55.6. The van der Waals surface area contributed by atoms with Gasteiger partial charge in [-0.1, -0.05) is 13.8 Å². The molecular weight excluding hydrogens is 462 g/mol. The van der Waals surface area contributed by atoms with Gasteiger partial charge in [0.25, 0.3) is 0 Å². The van der Waals surface area contributed by atoms with Gasteiger partial charge < -0.3 is 37.8 Å². The second-order valence-electron chi connectivity index (χ2n) is 8.65. The highest BCUT2D eigenvalue weighted by Gasteiger charge is 2.38. The lowest BCUT2D eigenvalue weighted by Gasteiger charge is -2.29. The quantitative estimate of drug-likeness (QED) is 0.0960. The van der Waals surface area contributed by atoms with Gasteiger partial charge in [-0.2, -0.15) is 11.8 Å². The van der Waals surface area contributed by atoms with Gasteiger partial charge in [0.05, 0.1) is 6.04 Å². The predicted octanol–water partition coefficient (Wildman–Crippen LogP) is -1.18. The summed E-state index contributed by atoms with van der Waals surface area (Å²) >= 11 is 1.52. The van der Waals surface area contributed by atoms with Gasteiger partial charge in [-0.15, -0.1) is 0 Å². The van der Waals surface area contributed by atoms with Crippen LogP contribution in [0.1, 0.15) is 46.0 Å². The lowest BCUT2D eigenvalue weighted by molar-refractivity contribution is -0.149. The topological polar surface area (TPSA) is 206 Å². The molecule has 0 aromatic heterocycles. The average Bonchev–Trinajstić information content (AvgIpc) is 3.27. The minimum absolute atomic E-state index is 0.0845. The van der Waals surface area contributed by atoms with E-state index in [4.69, 9.17) is 17.2 Å². The van der Waals surface area contributed by atoms with Gasteiger partial charge >= 0.3 is 5.97 Å². The van der Waals surface area contributed by atoms with E-state index >= 15 is 0 Å². The number of aliphatic imine (C=N–C) groups is 1. The number of carbonyl (C=O) groups is 4. The molecule has 0 radical (unpaired) electrons. The minimum Gasteiger partial charge on any atom is -0.480 e. The van der Waals surface area contributed by atoms with Crippen molar-refractivity contribution >= 4 is 41.4 Å². The van der Waals surface area contributed by atoms with Crippen molar-refractivity contribution in [3.05, 3.63) is 0 Å². The summed E-state index contributed by atoms with van der Waals surface area (Å²) in [6.45, 7) is 4.16. The molecule has 12 nitrogen and oxygen atoms in total. The molecular formula is C21H39N7O5S. The normalized spacial score (nSPS) is 18.1. The molecule has 1 fully saturated rings. The Morgan fingerprint density at radius 1 is 1.12 bits per heavy atom. The van der Waals surface area contributed by atoms with Crippen LogP contribution in [0.15, 0.2) is 4.99 Å². The third-order valence-corrected chi connectivity index (χ3v) is 6.29. The Bertz CT molecular complexity index is 745.